The van der Waals surface area contributed by atoms with Gasteiger partial charge >= 0.3 is 5.97 Å². The zero-order chi connectivity index (χ0) is 11.1. The minimum atomic E-state index is -0.868. The minimum Gasteiger partial charge on any atom is -0.481 e. The Balaban J connectivity index is 4.34. The predicted octanol–water partition coefficient (Wildman–Crippen LogP) is 2.07. The van der Waals surface area contributed by atoms with Crippen molar-refractivity contribution in [3.8, 4) is 6.07 Å². The van der Waals surface area contributed by atoms with Crippen LogP contribution in [0.15, 0.2) is 0 Å². The molecule has 1 N–H and O–H groups in total. The minimum absolute atomic E-state index is 0.0313. The second-order valence-corrected chi connectivity index (χ2v) is 4.01. The van der Waals surface area contributed by atoms with Crippen molar-refractivity contribution in [1.29, 1.82) is 5.26 Å². The first-order valence-electron chi connectivity index (χ1n) is 4.35. The number of carboxylic acid groups (broad SMARTS) is 1. The molecule has 0 amide bonds. The molecule has 0 aliphatic rings. The van der Waals surface area contributed by atoms with Crippen LogP contribution in [-0.2, 0) is 4.79 Å². The van der Waals surface area contributed by atoms with E-state index in [1.807, 2.05) is 13.0 Å². The molecule has 2 atom stereocenters. The van der Waals surface area contributed by atoms with E-state index in [9.17, 15) is 4.79 Å². The lowest BCUT2D eigenvalue weighted by Gasteiger charge is -2.17. The average molecular weight is 231 g/mol. The molecule has 14 heavy (non-hydrogen) atoms. The Hall–Kier alpha value is -0.600. The van der Waals surface area contributed by atoms with Gasteiger partial charge in [0.1, 0.15) is 0 Å². The number of nitrogens with zero attached hydrogens (tertiary/aromatic N) is 1. The van der Waals surface area contributed by atoms with Gasteiger partial charge in [0.15, 0.2) is 0 Å². The van der Waals surface area contributed by atoms with Gasteiger partial charge in [0.2, 0.25) is 0 Å². The van der Waals surface area contributed by atoms with Gasteiger partial charge in [-0.1, -0.05) is 19.1 Å². The summed E-state index contributed by atoms with van der Waals surface area (Å²) in [7, 11) is 0. The predicted molar refractivity (Wildman–Crippen MR) is 61.6 cm³/mol. The first-order valence-corrected chi connectivity index (χ1v) is 5.27. The molecule has 0 heterocycles. The van der Waals surface area contributed by atoms with E-state index in [1.165, 1.54) is 0 Å². The summed E-state index contributed by atoms with van der Waals surface area (Å²) < 4.78 is 0. The molecule has 0 bridgehead atoms. The molecular weight excluding hydrogens is 218 g/mol. The van der Waals surface area contributed by atoms with Crippen molar-refractivity contribution in [2.75, 3.05) is 0 Å². The van der Waals surface area contributed by atoms with E-state index in [0.717, 1.165) is 4.86 Å². The van der Waals surface area contributed by atoms with Crippen LogP contribution in [0.3, 0.4) is 0 Å². The van der Waals surface area contributed by atoms with Gasteiger partial charge in [0.05, 0.1) is 11.3 Å². The number of carboxylic acids is 1. The van der Waals surface area contributed by atoms with Crippen LogP contribution < -0.4 is 0 Å². The van der Waals surface area contributed by atoms with Crippen LogP contribution in [0.2, 0.25) is 0 Å². The molecule has 0 saturated carbocycles. The highest BCUT2D eigenvalue weighted by atomic mass is 32.1. The maximum absolute atomic E-state index is 10.4. The Labute approximate surface area is 94.5 Å². The van der Waals surface area contributed by atoms with Gasteiger partial charge in [-0.25, -0.2) is 0 Å². The molecule has 0 rings (SSSR count). The second kappa shape index (κ2) is 6.80. The van der Waals surface area contributed by atoms with Crippen LogP contribution in [0.4, 0.5) is 0 Å². The third-order valence-corrected chi connectivity index (χ3v) is 3.01. The molecule has 0 fully saturated rings. The molecule has 0 radical (unpaired) electrons. The van der Waals surface area contributed by atoms with E-state index in [0.29, 0.717) is 12.8 Å². The van der Waals surface area contributed by atoms with E-state index in [-0.39, 0.29) is 12.3 Å². The van der Waals surface area contributed by atoms with E-state index in [4.69, 9.17) is 22.6 Å². The SMILES string of the molecule is CCC(=S)C(CCC(=O)O)C(S)C#N. The van der Waals surface area contributed by atoms with Crippen molar-refractivity contribution in [2.45, 2.75) is 31.4 Å². The Kier molecular flexibility index (Phi) is 6.50. The van der Waals surface area contributed by atoms with E-state index < -0.39 is 11.2 Å². The molecule has 0 aliphatic heterocycles. The third-order valence-electron chi connectivity index (χ3n) is 1.94. The van der Waals surface area contributed by atoms with Crippen molar-refractivity contribution >= 4 is 35.7 Å². The van der Waals surface area contributed by atoms with Gasteiger partial charge in [-0.05, 0) is 17.7 Å². The van der Waals surface area contributed by atoms with Crippen LogP contribution in [0, 0.1) is 17.2 Å². The number of aliphatic carboxylic acids is 1. The van der Waals surface area contributed by atoms with Crippen molar-refractivity contribution in [3.63, 3.8) is 0 Å². The van der Waals surface area contributed by atoms with Crippen molar-refractivity contribution in [1.82, 2.24) is 0 Å². The van der Waals surface area contributed by atoms with Crippen LogP contribution in [-0.4, -0.2) is 21.2 Å². The molecular formula is C9H13NO2S2. The zero-order valence-electron chi connectivity index (χ0n) is 7.93. The summed E-state index contributed by atoms with van der Waals surface area (Å²) in [5.41, 5.74) is 0. The summed E-state index contributed by atoms with van der Waals surface area (Å²) in [4.78, 5) is 11.1. The largest absolute Gasteiger partial charge is 0.481 e. The lowest BCUT2D eigenvalue weighted by atomic mass is 9.94. The molecule has 0 aliphatic carbocycles. The normalized spacial score (nSPS) is 14.1. The lowest BCUT2D eigenvalue weighted by molar-refractivity contribution is -0.137. The summed E-state index contributed by atoms with van der Waals surface area (Å²) in [5, 5.41) is 16.7. The van der Waals surface area contributed by atoms with Crippen molar-refractivity contribution in [2.24, 2.45) is 5.92 Å². The second-order valence-electron chi connectivity index (χ2n) is 2.93. The molecule has 0 spiro atoms. The maximum Gasteiger partial charge on any atom is 0.303 e. The molecule has 0 aromatic carbocycles. The summed E-state index contributed by atoms with van der Waals surface area (Å²) in [6.07, 6.45) is 1.10. The fraction of sp³-hybridized carbons (Fsp3) is 0.667. The first kappa shape index (κ1) is 13.4. The Bertz CT molecular complexity index is 260. The highest BCUT2D eigenvalue weighted by Crippen LogP contribution is 2.20. The van der Waals surface area contributed by atoms with Crippen LogP contribution in [0.25, 0.3) is 0 Å². The zero-order valence-corrected chi connectivity index (χ0v) is 9.65. The Morgan fingerprint density at radius 1 is 1.71 bits per heavy atom. The van der Waals surface area contributed by atoms with Crippen molar-refractivity contribution in [3.05, 3.63) is 0 Å². The smallest absolute Gasteiger partial charge is 0.303 e. The molecule has 5 heteroatoms. The van der Waals surface area contributed by atoms with Gasteiger partial charge in [0, 0.05) is 12.3 Å². The number of hydrogen-bond donors (Lipinski definition) is 2. The summed E-state index contributed by atoms with van der Waals surface area (Å²) in [6.45, 7) is 1.90. The highest BCUT2D eigenvalue weighted by Gasteiger charge is 2.21. The number of thiol groups is 1. The monoisotopic (exact) mass is 231 g/mol. The topological polar surface area (TPSA) is 61.1 Å². The third kappa shape index (κ3) is 4.58. The first-order chi connectivity index (χ1) is 6.52. The standard InChI is InChI=1S/C9H13NO2S2/c1-2-7(13)6(8(14)5-10)3-4-9(11)12/h6,8,14H,2-4H2,1H3,(H,11,12). The van der Waals surface area contributed by atoms with Crippen LogP contribution >= 0.6 is 24.8 Å². The Morgan fingerprint density at radius 3 is 2.64 bits per heavy atom. The summed E-state index contributed by atoms with van der Waals surface area (Å²) in [5.74, 6) is -1.06. The Morgan fingerprint density at radius 2 is 2.29 bits per heavy atom. The van der Waals surface area contributed by atoms with Crippen LogP contribution in [0.1, 0.15) is 26.2 Å². The van der Waals surface area contributed by atoms with Gasteiger partial charge in [0.25, 0.3) is 0 Å². The molecule has 0 aromatic rings. The molecule has 78 valence electrons. The number of carbonyl (C=O) groups is 1. The summed E-state index contributed by atoms with van der Waals surface area (Å²) >= 11 is 9.16. The number of rotatable bonds is 6. The fourth-order valence-electron chi connectivity index (χ4n) is 1.13. The van der Waals surface area contributed by atoms with E-state index in [1.54, 1.807) is 0 Å². The molecule has 0 aromatic heterocycles. The number of nitriles is 1. The number of hydrogen-bond acceptors (Lipinski definition) is 4. The van der Waals surface area contributed by atoms with Gasteiger partial charge < -0.3 is 5.11 Å². The van der Waals surface area contributed by atoms with Gasteiger partial charge in [-0.15, -0.1) is 0 Å². The molecule has 3 nitrogen and oxygen atoms in total. The highest BCUT2D eigenvalue weighted by molar-refractivity contribution is 7.82. The maximum atomic E-state index is 10.4. The molecule has 0 saturated heterocycles. The van der Waals surface area contributed by atoms with Gasteiger partial charge in [-0.2, -0.15) is 17.9 Å². The average Bonchev–Trinajstić information content (AvgIpc) is 2.16. The van der Waals surface area contributed by atoms with Gasteiger partial charge in [-0.3, -0.25) is 4.79 Å². The molecule has 2 unspecified atom stereocenters. The lowest BCUT2D eigenvalue weighted by Crippen LogP contribution is -2.22. The number of thiocarbonyl (C=S) groups is 1. The fourth-order valence-corrected chi connectivity index (χ4v) is 1.81. The van der Waals surface area contributed by atoms with Crippen molar-refractivity contribution < 1.29 is 9.90 Å². The van der Waals surface area contributed by atoms with Crippen LogP contribution in [0.5, 0.6) is 0 Å². The summed E-state index contributed by atoms with van der Waals surface area (Å²) in [6, 6.07) is 1.99. The van der Waals surface area contributed by atoms with E-state index in [2.05, 4.69) is 12.6 Å². The van der Waals surface area contributed by atoms with E-state index >= 15 is 0 Å². The quantitative estimate of drug-likeness (QED) is 0.542.